The molecule has 4 atom stereocenters. The summed E-state index contributed by atoms with van der Waals surface area (Å²) >= 11 is 14.3. The van der Waals surface area contributed by atoms with Gasteiger partial charge in [0.05, 0.1) is 40.7 Å². The lowest BCUT2D eigenvalue weighted by atomic mass is 10.0. The molecule has 0 unspecified atom stereocenters. The van der Waals surface area contributed by atoms with Crippen molar-refractivity contribution < 1.29 is 41.4 Å². The highest BCUT2D eigenvalue weighted by atomic mass is 35.5. The van der Waals surface area contributed by atoms with Crippen LogP contribution in [0, 0.1) is 0 Å². The molecule has 2 aromatic carbocycles. The molecular weight excluding hydrogens is 755 g/mol. The van der Waals surface area contributed by atoms with Gasteiger partial charge in [-0.3, -0.25) is 4.79 Å². The maximum absolute atomic E-state index is 13.2. The first-order valence-corrected chi connectivity index (χ1v) is 20.4. The summed E-state index contributed by atoms with van der Waals surface area (Å²) in [5.41, 5.74) is 2.64. The fourth-order valence-corrected chi connectivity index (χ4v) is 9.61. The second kappa shape index (κ2) is 14.7. The molecule has 17 heteroatoms. The number of amides is 1. The number of rotatable bonds is 12. The predicted molar refractivity (Wildman–Crippen MR) is 194 cm³/mol. The van der Waals surface area contributed by atoms with Gasteiger partial charge in [0.2, 0.25) is 0 Å². The summed E-state index contributed by atoms with van der Waals surface area (Å²) < 4.78 is 66.9. The first kappa shape index (κ1) is 36.0. The molecule has 0 bridgehead atoms. The fourth-order valence-electron chi connectivity index (χ4n) is 6.89. The van der Waals surface area contributed by atoms with E-state index in [9.17, 15) is 13.2 Å². The van der Waals surface area contributed by atoms with E-state index in [0.717, 1.165) is 43.4 Å². The van der Waals surface area contributed by atoms with E-state index in [1.54, 1.807) is 24.3 Å². The Balaban J connectivity index is 0.964. The third-order valence-electron chi connectivity index (χ3n) is 9.56. The molecule has 13 nitrogen and oxygen atoms in total. The Bertz CT molecular complexity index is 2060. The number of thiazole rings is 1. The van der Waals surface area contributed by atoms with Crippen molar-refractivity contribution in [2.24, 2.45) is 0 Å². The van der Waals surface area contributed by atoms with Crippen molar-refractivity contribution >= 4 is 60.9 Å². The second-order valence-corrected chi connectivity index (χ2v) is 17.2. The molecule has 1 saturated carbocycles. The molecule has 1 N–H and O–H groups in total. The van der Waals surface area contributed by atoms with Gasteiger partial charge in [-0.05, 0) is 63.8 Å². The van der Waals surface area contributed by atoms with Crippen LogP contribution in [0.2, 0.25) is 10.0 Å². The molecule has 1 aliphatic carbocycles. The zero-order chi connectivity index (χ0) is 36.1. The van der Waals surface area contributed by atoms with Crippen molar-refractivity contribution in [1.82, 2.24) is 19.2 Å². The van der Waals surface area contributed by atoms with Gasteiger partial charge in [-0.25, -0.2) is 4.72 Å². The Morgan fingerprint density at radius 1 is 1.06 bits per heavy atom. The Hall–Kier alpha value is -3.02. The second-order valence-electron chi connectivity index (χ2n) is 13.7. The van der Waals surface area contributed by atoms with Crippen molar-refractivity contribution in [2.45, 2.75) is 89.0 Å². The topological polar surface area (TPSA) is 152 Å². The van der Waals surface area contributed by atoms with E-state index in [1.165, 1.54) is 21.7 Å². The lowest BCUT2D eigenvalue weighted by Crippen LogP contribution is -2.45. The van der Waals surface area contributed by atoms with E-state index in [0.29, 0.717) is 62.2 Å². The zero-order valence-electron chi connectivity index (χ0n) is 28.5. The van der Waals surface area contributed by atoms with Gasteiger partial charge in [0.1, 0.15) is 41.0 Å². The zero-order valence-corrected chi connectivity index (χ0v) is 31.7. The number of benzene rings is 2. The number of carbonyl (C=O) groups is 1. The van der Waals surface area contributed by atoms with E-state index in [2.05, 4.69) is 9.88 Å². The summed E-state index contributed by atoms with van der Waals surface area (Å²) in [6, 6.07) is 8.43. The van der Waals surface area contributed by atoms with E-state index < -0.39 is 28.3 Å². The molecule has 2 aromatic heterocycles. The molecule has 4 aliphatic rings. The van der Waals surface area contributed by atoms with Crippen LogP contribution >= 0.6 is 34.5 Å². The molecule has 0 spiro atoms. The van der Waals surface area contributed by atoms with Gasteiger partial charge >= 0.3 is 10.2 Å². The average Bonchev–Trinajstić information content (AvgIpc) is 3.39. The molecule has 4 aromatic rings. The molecule has 5 heterocycles. The van der Waals surface area contributed by atoms with Crippen molar-refractivity contribution in [2.75, 3.05) is 26.3 Å². The van der Waals surface area contributed by atoms with Crippen LogP contribution in [0.1, 0.15) is 73.6 Å². The monoisotopic (exact) mass is 792 g/mol. The summed E-state index contributed by atoms with van der Waals surface area (Å²) in [5, 5.41) is 5.65. The SMILES string of the molecule is CC(C)Oc1cc(C(=O)NS(=O)(=O)N2CCCCC2)cc2sc(O[C@@H]3CO[C@H]4[C@H]3OC[C@H]4OCc3c(-c4c(Cl)cccc4Cl)noc3C3CC3)nc12. The maximum atomic E-state index is 13.2. The van der Waals surface area contributed by atoms with E-state index in [-0.39, 0.29) is 43.0 Å². The summed E-state index contributed by atoms with van der Waals surface area (Å²) in [6.07, 6.45) is 2.65. The number of carbonyl (C=O) groups excluding carboxylic acids is 1. The molecular formula is C35H38Cl2N4O9S2. The van der Waals surface area contributed by atoms with Crippen LogP contribution in [-0.2, 0) is 31.0 Å². The number of aromatic nitrogens is 2. The Kier molecular flexibility index (Phi) is 10.1. The number of hydrogen-bond acceptors (Lipinski definition) is 12. The number of nitrogens with one attached hydrogen (secondary N) is 1. The van der Waals surface area contributed by atoms with Gasteiger partial charge < -0.3 is 28.2 Å². The van der Waals surface area contributed by atoms with Crippen LogP contribution in [0.15, 0.2) is 34.9 Å². The van der Waals surface area contributed by atoms with Crippen molar-refractivity contribution in [1.29, 1.82) is 0 Å². The van der Waals surface area contributed by atoms with Gasteiger partial charge in [0.15, 0.2) is 6.10 Å². The smallest absolute Gasteiger partial charge is 0.304 e. The van der Waals surface area contributed by atoms with Crippen LogP contribution in [0.4, 0.5) is 0 Å². The largest absolute Gasteiger partial charge is 0.489 e. The highest BCUT2D eigenvalue weighted by Crippen LogP contribution is 2.46. The number of nitrogens with zero attached hydrogens (tertiary/aromatic N) is 3. The molecule has 0 radical (unpaired) electrons. The lowest BCUT2D eigenvalue weighted by molar-refractivity contribution is -0.0428. The van der Waals surface area contributed by atoms with Crippen LogP contribution in [-0.4, -0.2) is 85.6 Å². The van der Waals surface area contributed by atoms with Crippen LogP contribution in [0.3, 0.4) is 0 Å². The standard InChI is InChI=1S/C35H38Cl2N4O9S2/c1-18(2)48-24-13-20(34(42)40-52(43,44)41-11-4-3-5-12-41)14-27-30(24)38-35(51-27)49-26-17-47-32-25(16-46-33(26)32)45-15-21-29(39-50-31(21)19-9-10-19)28-22(36)7-6-8-23(28)37/h6-8,13-14,18-19,25-26,32-33H,3-5,9-12,15-17H2,1-2H3,(H,40,42)/t25-,26-,32-,33+/m1/s1. The molecule has 8 rings (SSSR count). The highest BCUT2D eigenvalue weighted by Gasteiger charge is 2.50. The number of piperidine rings is 1. The van der Waals surface area contributed by atoms with Crippen LogP contribution in [0.25, 0.3) is 21.5 Å². The van der Waals surface area contributed by atoms with Gasteiger partial charge in [-0.2, -0.15) is 17.7 Å². The Labute approximate surface area is 315 Å². The number of ether oxygens (including phenoxy) is 5. The van der Waals surface area contributed by atoms with Crippen molar-refractivity contribution in [3.05, 3.63) is 57.3 Å². The summed E-state index contributed by atoms with van der Waals surface area (Å²) in [4.78, 5) is 17.9. The van der Waals surface area contributed by atoms with Gasteiger partial charge in [0, 0.05) is 35.7 Å². The fraction of sp³-hybridized carbons (Fsp3) is 0.514. The first-order chi connectivity index (χ1) is 25.1. The quantitative estimate of drug-likeness (QED) is 0.167. The minimum Gasteiger partial charge on any atom is -0.489 e. The average molecular weight is 794 g/mol. The molecule has 52 heavy (non-hydrogen) atoms. The number of fused-ring (bicyclic) bond motifs is 2. The van der Waals surface area contributed by atoms with Gasteiger partial charge in [-0.1, -0.05) is 52.2 Å². The minimum absolute atomic E-state index is 0.139. The van der Waals surface area contributed by atoms with Crippen molar-refractivity contribution in [3.8, 4) is 22.2 Å². The van der Waals surface area contributed by atoms with E-state index in [4.69, 9.17) is 56.4 Å². The predicted octanol–water partition coefficient (Wildman–Crippen LogP) is 6.51. The summed E-state index contributed by atoms with van der Waals surface area (Å²) in [7, 11) is -3.98. The number of hydrogen-bond donors (Lipinski definition) is 1. The van der Waals surface area contributed by atoms with Gasteiger partial charge in [0.25, 0.3) is 11.1 Å². The molecule has 3 aliphatic heterocycles. The molecule has 4 fully saturated rings. The van der Waals surface area contributed by atoms with Crippen LogP contribution < -0.4 is 14.2 Å². The third-order valence-corrected chi connectivity index (χ3v) is 12.6. The minimum atomic E-state index is -3.98. The molecule has 278 valence electrons. The normalized spacial score (nSPS) is 23.7. The third kappa shape index (κ3) is 7.26. The highest BCUT2D eigenvalue weighted by molar-refractivity contribution is 7.87. The maximum Gasteiger partial charge on any atom is 0.304 e. The van der Waals surface area contributed by atoms with Crippen LogP contribution in [0.5, 0.6) is 10.9 Å². The summed E-state index contributed by atoms with van der Waals surface area (Å²) in [6.45, 7) is 5.24. The first-order valence-electron chi connectivity index (χ1n) is 17.4. The van der Waals surface area contributed by atoms with E-state index in [1.807, 2.05) is 13.8 Å². The lowest BCUT2D eigenvalue weighted by Gasteiger charge is -2.25. The Morgan fingerprint density at radius 2 is 1.77 bits per heavy atom. The van der Waals surface area contributed by atoms with E-state index >= 15 is 0 Å². The molecule has 1 amide bonds. The molecule has 3 saturated heterocycles. The van der Waals surface area contributed by atoms with Crippen molar-refractivity contribution in [3.63, 3.8) is 0 Å². The Morgan fingerprint density at radius 3 is 2.48 bits per heavy atom. The number of halogens is 2. The summed E-state index contributed by atoms with van der Waals surface area (Å²) in [5.74, 6) is 0.678. The van der Waals surface area contributed by atoms with Gasteiger partial charge in [-0.15, -0.1) is 0 Å².